The molecule has 0 amide bonds. The number of aromatic nitrogens is 3. The molecule has 104 valence electrons. The van der Waals surface area contributed by atoms with Gasteiger partial charge in [-0.05, 0) is 30.3 Å². The molecule has 0 unspecified atom stereocenters. The number of hydrogen-bond acceptors (Lipinski definition) is 1. The van der Waals surface area contributed by atoms with Gasteiger partial charge in [-0.2, -0.15) is 5.10 Å². The predicted octanol–water partition coefficient (Wildman–Crippen LogP) is 4.66. The van der Waals surface area contributed by atoms with Crippen molar-refractivity contribution in [1.29, 1.82) is 0 Å². The maximum absolute atomic E-state index is 4.60. The van der Waals surface area contributed by atoms with Crippen molar-refractivity contribution in [3.05, 3.63) is 72.9 Å². The number of fused-ring (bicyclic) bond motifs is 5. The number of para-hydroxylation sites is 2. The average molecular weight is 283 g/mol. The largest absolute Gasteiger partial charge is 0.354 e. The zero-order valence-corrected chi connectivity index (χ0v) is 11.8. The van der Waals surface area contributed by atoms with Crippen molar-refractivity contribution in [3.8, 4) is 5.69 Å². The van der Waals surface area contributed by atoms with Crippen LogP contribution < -0.4 is 0 Å². The summed E-state index contributed by atoms with van der Waals surface area (Å²) in [4.78, 5) is 3.48. The van der Waals surface area contributed by atoms with Gasteiger partial charge in [-0.3, -0.25) is 0 Å². The van der Waals surface area contributed by atoms with Crippen molar-refractivity contribution >= 4 is 32.7 Å². The molecular weight excluding hydrogens is 270 g/mol. The Morgan fingerprint density at radius 3 is 2.45 bits per heavy atom. The SMILES string of the molecule is c1ccc(-n2ncc3c4c(ccc32)[nH]c2ccccc24)cc1. The lowest BCUT2D eigenvalue weighted by molar-refractivity contribution is 0.911. The third-order valence-corrected chi connectivity index (χ3v) is 4.22. The molecule has 0 aliphatic heterocycles. The number of H-pyrrole nitrogens is 1. The molecule has 5 aromatic rings. The molecule has 3 aromatic carbocycles. The minimum atomic E-state index is 1.08. The molecule has 3 nitrogen and oxygen atoms in total. The molecule has 2 heterocycles. The Bertz CT molecular complexity index is 1120. The summed E-state index contributed by atoms with van der Waals surface area (Å²) in [6.07, 6.45) is 1.96. The minimum absolute atomic E-state index is 1.08. The van der Waals surface area contributed by atoms with Gasteiger partial charge >= 0.3 is 0 Å². The summed E-state index contributed by atoms with van der Waals surface area (Å²) in [7, 11) is 0. The van der Waals surface area contributed by atoms with E-state index in [1.54, 1.807) is 0 Å². The van der Waals surface area contributed by atoms with Crippen molar-refractivity contribution in [2.75, 3.05) is 0 Å². The van der Waals surface area contributed by atoms with E-state index in [2.05, 4.69) is 58.6 Å². The Hall–Kier alpha value is -3.07. The molecule has 2 aromatic heterocycles. The summed E-state index contributed by atoms with van der Waals surface area (Å²) >= 11 is 0. The molecule has 22 heavy (non-hydrogen) atoms. The molecule has 0 fully saturated rings. The molecule has 0 aliphatic rings. The molecule has 0 saturated heterocycles. The van der Waals surface area contributed by atoms with E-state index in [0.717, 1.165) is 22.2 Å². The average Bonchev–Trinajstić information content (AvgIpc) is 3.16. The molecule has 0 saturated carbocycles. The van der Waals surface area contributed by atoms with Crippen LogP contribution in [0.3, 0.4) is 0 Å². The topological polar surface area (TPSA) is 33.6 Å². The number of nitrogens with zero attached hydrogens (tertiary/aromatic N) is 2. The minimum Gasteiger partial charge on any atom is -0.354 e. The second kappa shape index (κ2) is 4.21. The van der Waals surface area contributed by atoms with E-state index in [0.29, 0.717) is 0 Å². The third-order valence-electron chi connectivity index (χ3n) is 4.22. The van der Waals surface area contributed by atoms with Crippen LogP contribution in [-0.2, 0) is 0 Å². The predicted molar refractivity (Wildman–Crippen MR) is 90.4 cm³/mol. The smallest absolute Gasteiger partial charge is 0.0748 e. The summed E-state index contributed by atoms with van der Waals surface area (Å²) in [5.41, 5.74) is 4.53. The Morgan fingerprint density at radius 1 is 0.727 bits per heavy atom. The lowest BCUT2D eigenvalue weighted by Gasteiger charge is -2.03. The number of rotatable bonds is 1. The van der Waals surface area contributed by atoms with Gasteiger partial charge in [0.25, 0.3) is 0 Å². The van der Waals surface area contributed by atoms with Crippen LogP contribution in [0.2, 0.25) is 0 Å². The van der Waals surface area contributed by atoms with Crippen LogP contribution in [0.15, 0.2) is 72.9 Å². The van der Waals surface area contributed by atoms with Crippen molar-refractivity contribution in [2.24, 2.45) is 0 Å². The third kappa shape index (κ3) is 1.48. The first-order valence-electron chi connectivity index (χ1n) is 7.34. The van der Waals surface area contributed by atoms with Crippen LogP contribution in [0, 0.1) is 0 Å². The van der Waals surface area contributed by atoms with Crippen molar-refractivity contribution < 1.29 is 0 Å². The molecule has 1 N–H and O–H groups in total. The van der Waals surface area contributed by atoms with Gasteiger partial charge in [-0.15, -0.1) is 0 Å². The molecule has 0 spiro atoms. The fourth-order valence-corrected chi connectivity index (χ4v) is 3.23. The molecule has 3 heteroatoms. The summed E-state index contributed by atoms with van der Waals surface area (Å²) in [5.74, 6) is 0. The van der Waals surface area contributed by atoms with Crippen molar-refractivity contribution in [2.45, 2.75) is 0 Å². The summed E-state index contributed by atoms with van der Waals surface area (Å²) in [6, 6.07) is 22.9. The first kappa shape index (κ1) is 11.6. The standard InChI is InChI=1S/C19H13N3/c1-2-6-13(7-3-1)22-18-11-10-17-19(15(18)12-20-22)14-8-4-5-9-16(14)21-17/h1-12,21H. The lowest BCUT2D eigenvalue weighted by atomic mass is 10.1. The summed E-state index contributed by atoms with van der Waals surface area (Å²) < 4.78 is 2.00. The van der Waals surface area contributed by atoms with Crippen LogP contribution in [0.1, 0.15) is 0 Å². The zero-order valence-electron chi connectivity index (χ0n) is 11.8. The van der Waals surface area contributed by atoms with E-state index < -0.39 is 0 Å². The van der Waals surface area contributed by atoms with Crippen LogP contribution >= 0.6 is 0 Å². The molecule has 0 atom stereocenters. The second-order valence-electron chi connectivity index (χ2n) is 5.48. The van der Waals surface area contributed by atoms with E-state index >= 15 is 0 Å². The monoisotopic (exact) mass is 283 g/mol. The van der Waals surface area contributed by atoms with E-state index in [4.69, 9.17) is 0 Å². The highest BCUT2D eigenvalue weighted by Crippen LogP contribution is 2.32. The normalized spacial score (nSPS) is 11.6. The molecule has 5 rings (SSSR count). The highest BCUT2D eigenvalue weighted by Gasteiger charge is 2.11. The maximum atomic E-state index is 4.60. The van der Waals surface area contributed by atoms with Gasteiger partial charge in [-0.1, -0.05) is 36.4 Å². The quantitative estimate of drug-likeness (QED) is 0.477. The Kier molecular flexibility index (Phi) is 2.22. The van der Waals surface area contributed by atoms with Crippen LogP contribution in [0.25, 0.3) is 38.4 Å². The maximum Gasteiger partial charge on any atom is 0.0748 e. The Balaban J connectivity index is 1.93. The molecule has 0 bridgehead atoms. The highest BCUT2D eigenvalue weighted by molar-refractivity contribution is 6.19. The van der Waals surface area contributed by atoms with E-state index in [9.17, 15) is 0 Å². The van der Waals surface area contributed by atoms with E-state index in [-0.39, 0.29) is 0 Å². The van der Waals surface area contributed by atoms with Gasteiger partial charge in [-0.25, -0.2) is 4.68 Å². The number of aromatic amines is 1. The number of benzene rings is 3. The van der Waals surface area contributed by atoms with Gasteiger partial charge in [0, 0.05) is 27.2 Å². The number of nitrogens with one attached hydrogen (secondary N) is 1. The first-order valence-corrected chi connectivity index (χ1v) is 7.34. The second-order valence-corrected chi connectivity index (χ2v) is 5.48. The molecule has 0 aliphatic carbocycles. The van der Waals surface area contributed by atoms with Crippen LogP contribution in [0.4, 0.5) is 0 Å². The van der Waals surface area contributed by atoms with Crippen LogP contribution in [0.5, 0.6) is 0 Å². The van der Waals surface area contributed by atoms with E-state index in [1.807, 2.05) is 29.1 Å². The fraction of sp³-hybridized carbons (Fsp3) is 0. The van der Waals surface area contributed by atoms with Gasteiger partial charge in [0.1, 0.15) is 0 Å². The Labute approximate surface area is 126 Å². The van der Waals surface area contributed by atoms with Gasteiger partial charge in [0.05, 0.1) is 17.4 Å². The van der Waals surface area contributed by atoms with Crippen LogP contribution in [-0.4, -0.2) is 14.8 Å². The highest BCUT2D eigenvalue weighted by atomic mass is 15.3. The summed E-state index contributed by atoms with van der Waals surface area (Å²) in [5, 5.41) is 8.28. The van der Waals surface area contributed by atoms with Crippen molar-refractivity contribution in [1.82, 2.24) is 14.8 Å². The molecular formula is C19H13N3. The Morgan fingerprint density at radius 2 is 1.55 bits per heavy atom. The van der Waals surface area contributed by atoms with Crippen molar-refractivity contribution in [3.63, 3.8) is 0 Å². The van der Waals surface area contributed by atoms with Gasteiger partial charge in [0.2, 0.25) is 0 Å². The first-order chi connectivity index (χ1) is 10.9. The zero-order chi connectivity index (χ0) is 14.5. The lowest BCUT2D eigenvalue weighted by Crippen LogP contribution is -1.94. The van der Waals surface area contributed by atoms with Gasteiger partial charge < -0.3 is 4.98 Å². The summed E-state index contributed by atoms with van der Waals surface area (Å²) in [6.45, 7) is 0. The van der Waals surface area contributed by atoms with Gasteiger partial charge in [0.15, 0.2) is 0 Å². The fourth-order valence-electron chi connectivity index (χ4n) is 3.23. The number of hydrogen-bond donors (Lipinski definition) is 1. The van der Waals surface area contributed by atoms with E-state index in [1.165, 1.54) is 16.2 Å². The molecule has 0 radical (unpaired) electrons.